The maximum Gasteiger partial charge on any atom is 0.310 e. The van der Waals surface area contributed by atoms with Crippen LogP contribution in [0.25, 0.3) is 0 Å². The SMILES string of the molecule is CC(=O)C1=C(SCc2ccc(S(F)(F)(F)(F)F)cc2F)Nc2c(Br)ccc(Cl)c2C(=O)C1. The molecule has 0 saturated carbocycles. The molecule has 1 heterocycles. The molecule has 0 saturated heterocycles. The van der Waals surface area contributed by atoms with Crippen molar-refractivity contribution in [3.8, 4) is 0 Å². The minimum absolute atomic E-state index is 0.0724. The molecule has 0 atom stereocenters. The van der Waals surface area contributed by atoms with Gasteiger partial charge in [0.1, 0.15) is 10.7 Å². The number of carbonyl (C=O) groups is 2. The number of hydrogen-bond acceptors (Lipinski definition) is 4. The summed E-state index contributed by atoms with van der Waals surface area (Å²) in [7, 11) is -10.0. The van der Waals surface area contributed by atoms with Crippen molar-refractivity contribution >= 4 is 66.8 Å². The fourth-order valence-electron chi connectivity index (χ4n) is 2.91. The highest BCUT2D eigenvalue weighted by atomic mass is 79.9. The van der Waals surface area contributed by atoms with Crippen LogP contribution in [0.3, 0.4) is 0 Å². The van der Waals surface area contributed by atoms with Crippen LogP contribution in [-0.4, -0.2) is 11.6 Å². The standard InChI is InChI=1S/C19H13BrClF6NO2S2/c1-9(29)12-7-16(30)17-14(21)5-4-13(20)18(17)28-19(12)31-8-10-2-3-11(6-15(10)22)32(23,24,25,26)27/h2-6,28H,7-8H2,1H3. The van der Waals surface area contributed by atoms with Gasteiger partial charge in [-0.05, 0) is 52.7 Å². The van der Waals surface area contributed by atoms with E-state index < -0.39 is 32.5 Å². The molecule has 3 rings (SSSR count). The molecule has 32 heavy (non-hydrogen) atoms. The van der Waals surface area contributed by atoms with Crippen LogP contribution in [0, 0.1) is 5.82 Å². The second kappa shape index (κ2) is 7.71. The quantitative estimate of drug-likeness (QED) is 0.360. The van der Waals surface area contributed by atoms with Gasteiger partial charge >= 0.3 is 10.2 Å². The highest BCUT2D eigenvalue weighted by Crippen LogP contribution is 3.02. The number of ketones is 2. The van der Waals surface area contributed by atoms with Crippen LogP contribution < -0.4 is 5.32 Å². The number of Topliss-reactive ketones (excluding diaryl/α,β-unsaturated/α-hetero) is 2. The van der Waals surface area contributed by atoms with Crippen LogP contribution in [-0.2, 0) is 10.5 Å². The third-order valence-electron chi connectivity index (χ3n) is 4.50. The first-order valence-electron chi connectivity index (χ1n) is 8.65. The van der Waals surface area contributed by atoms with Crippen molar-refractivity contribution in [2.45, 2.75) is 24.0 Å². The van der Waals surface area contributed by atoms with Gasteiger partial charge in [0.25, 0.3) is 0 Å². The normalized spacial score (nSPS) is 16.6. The van der Waals surface area contributed by atoms with E-state index in [4.69, 9.17) is 11.6 Å². The first-order valence-corrected chi connectivity index (χ1v) is 12.8. The summed E-state index contributed by atoms with van der Waals surface area (Å²) in [5.74, 6) is -2.66. The van der Waals surface area contributed by atoms with Crippen molar-refractivity contribution in [1.82, 2.24) is 0 Å². The van der Waals surface area contributed by atoms with E-state index in [2.05, 4.69) is 21.2 Å². The van der Waals surface area contributed by atoms with Gasteiger partial charge in [-0.1, -0.05) is 37.1 Å². The largest absolute Gasteiger partial charge is 0.348 e. The number of halogens is 8. The zero-order valence-electron chi connectivity index (χ0n) is 16.0. The van der Waals surface area contributed by atoms with Crippen LogP contribution in [0.2, 0.25) is 5.02 Å². The second-order valence-electron chi connectivity index (χ2n) is 6.88. The molecule has 0 aromatic heterocycles. The lowest BCUT2D eigenvalue weighted by Gasteiger charge is -2.40. The van der Waals surface area contributed by atoms with Crippen molar-refractivity contribution in [2.24, 2.45) is 0 Å². The van der Waals surface area contributed by atoms with Gasteiger partial charge in [0.05, 0.1) is 21.3 Å². The van der Waals surface area contributed by atoms with E-state index in [0.29, 0.717) is 10.5 Å². The van der Waals surface area contributed by atoms with Gasteiger partial charge in [-0.2, -0.15) is 0 Å². The Kier molecular flexibility index (Phi) is 6.02. The Bertz CT molecular complexity index is 1200. The van der Waals surface area contributed by atoms with E-state index >= 15 is 0 Å². The van der Waals surface area contributed by atoms with Gasteiger partial charge in [-0.25, -0.2) is 4.39 Å². The Morgan fingerprint density at radius 1 is 1.19 bits per heavy atom. The molecule has 0 unspecified atom stereocenters. The third-order valence-corrected chi connectivity index (χ3v) is 7.71. The highest BCUT2D eigenvalue weighted by Gasteiger charge is 2.65. The number of allylic oxidation sites excluding steroid dienone is 1. The summed E-state index contributed by atoms with van der Waals surface area (Å²) in [6.07, 6.45) is -0.306. The average molecular weight is 581 g/mol. The maximum atomic E-state index is 14.2. The summed E-state index contributed by atoms with van der Waals surface area (Å²) in [4.78, 5) is 22.5. The molecule has 0 bridgehead atoms. The Morgan fingerprint density at radius 2 is 1.84 bits per heavy atom. The molecule has 0 aliphatic carbocycles. The van der Waals surface area contributed by atoms with E-state index in [-0.39, 0.29) is 56.7 Å². The number of anilines is 1. The molecule has 13 heteroatoms. The number of hydrogen-bond donors (Lipinski definition) is 1. The number of fused-ring (bicyclic) bond motifs is 1. The van der Waals surface area contributed by atoms with E-state index in [1.54, 1.807) is 6.07 Å². The molecule has 3 nitrogen and oxygen atoms in total. The highest BCUT2D eigenvalue weighted by molar-refractivity contribution is 9.10. The molecule has 174 valence electrons. The lowest BCUT2D eigenvalue weighted by molar-refractivity contribution is -0.113. The fourth-order valence-corrected chi connectivity index (χ4v) is 5.35. The summed E-state index contributed by atoms with van der Waals surface area (Å²) in [6, 6.07) is 3.56. The van der Waals surface area contributed by atoms with Gasteiger partial charge in [-0.3, -0.25) is 9.59 Å². The first-order chi connectivity index (χ1) is 14.5. The summed E-state index contributed by atoms with van der Waals surface area (Å²) < 4.78 is 79.2. The van der Waals surface area contributed by atoms with Crippen molar-refractivity contribution in [2.75, 3.05) is 5.32 Å². The molecular weight excluding hydrogens is 568 g/mol. The monoisotopic (exact) mass is 579 g/mol. The molecule has 2 aromatic carbocycles. The van der Waals surface area contributed by atoms with Crippen molar-refractivity contribution in [3.05, 3.63) is 67.4 Å². The van der Waals surface area contributed by atoms with Crippen LogP contribution in [0.15, 0.2) is 50.3 Å². The second-order valence-corrected chi connectivity index (χ2v) is 11.5. The molecule has 1 N–H and O–H groups in total. The Labute approximate surface area is 196 Å². The molecule has 1 aliphatic heterocycles. The first kappa shape index (κ1) is 25.0. The van der Waals surface area contributed by atoms with Crippen LogP contribution in [0.5, 0.6) is 0 Å². The zero-order chi connectivity index (χ0) is 24.1. The number of thioether (sulfide) groups is 1. The average Bonchev–Trinajstić information content (AvgIpc) is 2.79. The topological polar surface area (TPSA) is 46.2 Å². The Morgan fingerprint density at radius 3 is 2.41 bits per heavy atom. The summed E-state index contributed by atoms with van der Waals surface area (Å²) in [5, 5.41) is 3.24. The van der Waals surface area contributed by atoms with Crippen molar-refractivity contribution in [1.29, 1.82) is 0 Å². The predicted octanol–water partition coefficient (Wildman–Crippen LogP) is 8.63. The van der Waals surface area contributed by atoms with Crippen molar-refractivity contribution < 1.29 is 33.4 Å². The van der Waals surface area contributed by atoms with Crippen molar-refractivity contribution in [3.63, 3.8) is 0 Å². The van der Waals surface area contributed by atoms with Crippen LogP contribution in [0.4, 0.5) is 29.5 Å². The fraction of sp³-hybridized carbons (Fsp3) is 0.158. The zero-order valence-corrected chi connectivity index (χ0v) is 19.9. The van der Waals surface area contributed by atoms with Gasteiger partial charge in [0.15, 0.2) is 11.6 Å². The predicted molar refractivity (Wildman–Crippen MR) is 119 cm³/mol. The van der Waals surface area contributed by atoms with Gasteiger partial charge in [0.2, 0.25) is 0 Å². The molecule has 0 amide bonds. The summed E-state index contributed by atoms with van der Waals surface area (Å²) in [6.45, 7) is 1.22. The number of nitrogens with one attached hydrogen (secondary N) is 1. The minimum atomic E-state index is -10.0. The van der Waals surface area contributed by atoms with E-state index in [1.807, 2.05) is 0 Å². The number of benzene rings is 2. The molecule has 2 aromatic rings. The smallest absolute Gasteiger partial charge is 0.310 e. The Balaban J connectivity index is 1.97. The number of carbonyl (C=O) groups excluding carboxylic acids is 2. The Hall–Kier alpha value is -1.63. The lowest BCUT2D eigenvalue weighted by Crippen LogP contribution is -2.08. The van der Waals surface area contributed by atoms with Gasteiger partial charge < -0.3 is 5.32 Å². The minimum Gasteiger partial charge on any atom is -0.348 e. The van der Waals surface area contributed by atoms with E-state index in [1.165, 1.54) is 13.0 Å². The molecule has 0 spiro atoms. The molecule has 0 radical (unpaired) electrons. The molecule has 0 fully saturated rings. The van der Waals surface area contributed by atoms with E-state index in [9.17, 15) is 33.4 Å². The number of rotatable bonds is 5. The third kappa shape index (κ3) is 5.29. The summed E-state index contributed by atoms with van der Waals surface area (Å²) in [5.41, 5.74) is 0.196. The van der Waals surface area contributed by atoms with E-state index in [0.717, 1.165) is 11.8 Å². The van der Waals surface area contributed by atoms with Crippen LogP contribution >= 0.6 is 49.5 Å². The van der Waals surface area contributed by atoms with Gasteiger partial charge in [0, 0.05) is 22.2 Å². The maximum absolute atomic E-state index is 14.2. The lowest BCUT2D eigenvalue weighted by atomic mass is 10.0. The summed E-state index contributed by atoms with van der Waals surface area (Å²) >= 11 is 10.3. The van der Waals surface area contributed by atoms with Gasteiger partial charge in [-0.15, -0.1) is 11.8 Å². The molecular formula is C19H13BrClF6NO2S2. The molecule has 1 aliphatic rings. The van der Waals surface area contributed by atoms with Crippen LogP contribution in [0.1, 0.15) is 29.3 Å².